The molecule has 0 aliphatic rings. The molecule has 7 heteroatoms. The maximum Gasteiger partial charge on any atom is 0.355 e. The lowest BCUT2D eigenvalue weighted by Crippen LogP contribution is -2.43. The fourth-order valence-corrected chi connectivity index (χ4v) is 3.38. The Labute approximate surface area is 123 Å². The molecular weight excluding hydrogens is 303 g/mol. The van der Waals surface area contributed by atoms with Crippen molar-refractivity contribution < 1.29 is 23.1 Å². The molecule has 0 amide bonds. The van der Waals surface area contributed by atoms with Crippen LogP contribution >= 0.6 is 19.2 Å². The van der Waals surface area contributed by atoms with Gasteiger partial charge in [-0.25, -0.2) is 0 Å². The Morgan fingerprint density at radius 1 is 1.20 bits per heavy atom. The van der Waals surface area contributed by atoms with E-state index in [1.165, 1.54) is 14.2 Å². The molecule has 0 saturated heterocycles. The molecule has 0 aliphatic carbocycles. The van der Waals surface area contributed by atoms with E-state index < -0.39 is 24.1 Å². The summed E-state index contributed by atoms with van der Waals surface area (Å²) >= 11 is 5.95. The predicted molar refractivity (Wildman–Crippen MR) is 77.4 cm³/mol. The van der Waals surface area contributed by atoms with E-state index in [4.69, 9.17) is 25.4 Å². The van der Waals surface area contributed by atoms with E-state index >= 15 is 0 Å². The molecule has 0 spiro atoms. The quantitative estimate of drug-likeness (QED) is 0.568. The van der Waals surface area contributed by atoms with Gasteiger partial charge in [0.1, 0.15) is 5.75 Å². The summed E-state index contributed by atoms with van der Waals surface area (Å²) in [7, 11) is -1.34. The molecule has 0 aliphatic heterocycles. The molecule has 112 valence electrons. The fraction of sp³-hybridized carbons (Fsp3) is 0.462. The second kappa shape index (κ2) is 6.72. The summed E-state index contributed by atoms with van der Waals surface area (Å²) in [5, 5.41) is -1.43. The third kappa shape index (κ3) is 3.83. The van der Waals surface area contributed by atoms with Gasteiger partial charge in [-0.3, -0.25) is 9.36 Å². The molecule has 0 heterocycles. The van der Waals surface area contributed by atoms with E-state index in [-0.39, 0.29) is 0 Å². The van der Waals surface area contributed by atoms with Gasteiger partial charge in [-0.15, -0.1) is 11.6 Å². The lowest BCUT2D eigenvalue weighted by atomic mass is 10.0. The van der Waals surface area contributed by atoms with Gasteiger partial charge in [0, 0.05) is 14.2 Å². The minimum absolute atomic E-state index is 0.513. The number of ether oxygens (including phenoxy) is 1. The van der Waals surface area contributed by atoms with E-state index in [1.807, 2.05) is 6.07 Å². The number of para-hydroxylation sites is 1. The van der Waals surface area contributed by atoms with Crippen LogP contribution in [0, 0.1) is 0 Å². The van der Waals surface area contributed by atoms with E-state index in [9.17, 15) is 9.36 Å². The van der Waals surface area contributed by atoms with Crippen molar-refractivity contribution >= 4 is 25.0 Å². The lowest BCUT2D eigenvalue weighted by molar-refractivity contribution is -0.130. The molecule has 0 bridgehead atoms. The third-order valence-electron chi connectivity index (χ3n) is 2.71. The van der Waals surface area contributed by atoms with Crippen LogP contribution in [-0.2, 0) is 18.4 Å². The van der Waals surface area contributed by atoms with E-state index in [2.05, 4.69) is 0 Å². The van der Waals surface area contributed by atoms with Crippen molar-refractivity contribution in [3.05, 3.63) is 30.3 Å². The molecule has 0 N–H and O–H groups in total. The van der Waals surface area contributed by atoms with Crippen molar-refractivity contribution in [2.24, 2.45) is 0 Å². The van der Waals surface area contributed by atoms with Crippen molar-refractivity contribution in [1.29, 1.82) is 0 Å². The minimum atomic E-state index is -3.69. The summed E-state index contributed by atoms with van der Waals surface area (Å²) in [6, 6.07) is 8.82. The van der Waals surface area contributed by atoms with Gasteiger partial charge in [0.15, 0.2) is 10.7 Å². The van der Waals surface area contributed by atoms with Crippen LogP contribution in [0.3, 0.4) is 0 Å². The summed E-state index contributed by atoms with van der Waals surface area (Å²) in [6.45, 7) is 3.10. The number of Topliss-reactive ketones (excluding diaryl/α,β-unsaturated/α-hetero) is 1. The average molecular weight is 321 g/mol. The van der Waals surface area contributed by atoms with Crippen LogP contribution < -0.4 is 4.74 Å². The zero-order chi connectivity index (χ0) is 15.4. The molecule has 1 aromatic carbocycles. The molecule has 0 radical (unpaired) electrons. The first-order valence-corrected chi connectivity index (χ1v) is 7.95. The SMILES string of the molecule is COP(=O)(OC)C(Cl)C(=O)C(C)(C)Oc1ccccc1. The molecular formula is C13H18ClO5P. The number of rotatable bonds is 7. The monoisotopic (exact) mass is 320 g/mol. The van der Waals surface area contributed by atoms with Gasteiger partial charge < -0.3 is 13.8 Å². The van der Waals surface area contributed by atoms with Crippen LogP contribution in [-0.4, -0.2) is 30.7 Å². The van der Waals surface area contributed by atoms with E-state index in [1.54, 1.807) is 38.1 Å². The molecule has 0 aromatic heterocycles. The van der Waals surface area contributed by atoms with Crippen molar-refractivity contribution in [3.63, 3.8) is 0 Å². The number of carbonyl (C=O) groups excluding carboxylic acids is 1. The first-order valence-electron chi connectivity index (χ1n) is 5.90. The fourth-order valence-electron chi connectivity index (χ4n) is 1.52. The first kappa shape index (κ1) is 17.2. The summed E-state index contributed by atoms with van der Waals surface area (Å²) in [5.74, 6) is -0.0607. The van der Waals surface area contributed by atoms with E-state index in [0.29, 0.717) is 5.75 Å². The van der Waals surface area contributed by atoms with Gasteiger partial charge in [-0.1, -0.05) is 18.2 Å². The Bertz CT molecular complexity index is 495. The topological polar surface area (TPSA) is 61.8 Å². The Morgan fingerprint density at radius 2 is 1.70 bits per heavy atom. The number of benzene rings is 1. The molecule has 1 rings (SSSR count). The van der Waals surface area contributed by atoms with Crippen molar-refractivity contribution in [2.45, 2.75) is 24.6 Å². The second-order valence-electron chi connectivity index (χ2n) is 4.53. The Morgan fingerprint density at radius 3 is 2.15 bits per heavy atom. The first-order chi connectivity index (χ1) is 9.27. The van der Waals surface area contributed by atoms with Gasteiger partial charge in [0.2, 0.25) is 5.78 Å². The number of hydrogen-bond acceptors (Lipinski definition) is 5. The maximum atomic E-state index is 12.3. The highest BCUT2D eigenvalue weighted by molar-refractivity contribution is 7.57. The number of carbonyl (C=O) groups is 1. The van der Waals surface area contributed by atoms with Crippen molar-refractivity contribution in [2.75, 3.05) is 14.2 Å². The number of hydrogen-bond donors (Lipinski definition) is 0. The molecule has 0 fully saturated rings. The average Bonchev–Trinajstić information content (AvgIpc) is 2.45. The normalized spacial score (nSPS) is 13.8. The van der Waals surface area contributed by atoms with Crippen LogP contribution in [0.5, 0.6) is 5.75 Å². The van der Waals surface area contributed by atoms with Crippen LogP contribution in [0.2, 0.25) is 0 Å². The van der Waals surface area contributed by atoms with Gasteiger partial charge in [0.05, 0.1) is 0 Å². The van der Waals surface area contributed by atoms with Crippen LogP contribution in [0.4, 0.5) is 0 Å². The number of ketones is 1. The highest BCUT2D eigenvalue weighted by Crippen LogP contribution is 2.54. The third-order valence-corrected chi connectivity index (χ3v) is 5.44. The minimum Gasteiger partial charge on any atom is -0.480 e. The van der Waals surface area contributed by atoms with Gasteiger partial charge >= 0.3 is 7.60 Å². The Kier molecular flexibility index (Phi) is 5.78. The van der Waals surface area contributed by atoms with Crippen molar-refractivity contribution in [3.8, 4) is 5.75 Å². The Balaban J connectivity index is 2.92. The van der Waals surface area contributed by atoms with Gasteiger partial charge in [-0.2, -0.15) is 0 Å². The Hall–Kier alpha value is -0.870. The number of halogens is 1. The highest BCUT2D eigenvalue weighted by atomic mass is 35.5. The van der Waals surface area contributed by atoms with Crippen LogP contribution in [0.1, 0.15) is 13.8 Å². The summed E-state index contributed by atoms with van der Waals surface area (Å²) in [5.41, 5.74) is -1.26. The summed E-state index contributed by atoms with van der Waals surface area (Å²) in [4.78, 5) is 12.3. The van der Waals surface area contributed by atoms with Crippen LogP contribution in [0.25, 0.3) is 0 Å². The van der Waals surface area contributed by atoms with Crippen molar-refractivity contribution in [1.82, 2.24) is 0 Å². The highest BCUT2D eigenvalue weighted by Gasteiger charge is 2.46. The largest absolute Gasteiger partial charge is 0.480 e. The van der Waals surface area contributed by atoms with E-state index in [0.717, 1.165) is 0 Å². The summed E-state index contributed by atoms with van der Waals surface area (Å²) in [6.07, 6.45) is 0. The molecule has 20 heavy (non-hydrogen) atoms. The molecule has 1 unspecified atom stereocenters. The zero-order valence-corrected chi connectivity index (χ0v) is 13.5. The predicted octanol–water partition coefficient (Wildman–Crippen LogP) is 3.46. The summed E-state index contributed by atoms with van der Waals surface area (Å²) < 4.78 is 27.2. The molecule has 1 atom stereocenters. The molecule has 1 aromatic rings. The number of alkyl halides is 1. The maximum absolute atomic E-state index is 12.3. The molecule has 5 nitrogen and oxygen atoms in total. The molecule has 0 saturated carbocycles. The van der Waals surface area contributed by atoms with Gasteiger partial charge in [-0.05, 0) is 26.0 Å². The standard InChI is InChI=1S/C13H18ClO5P/c1-13(2,19-10-8-6-5-7-9-10)11(15)12(14)20(16,17-3)18-4/h5-9,12H,1-4H3. The second-order valence-corrected chi connectivity index (χ2v) is 7.60. The van der Waals surface area contributed by atoms with Crippen LogP contribution in [0.15, 0.2) is 30.3 Å². The lowest BCUT2D eigenvalue weighted by Gasteiger charge is -2.28. The zero-order valence-electron chi connectivity index (χ0n) is 11.8. The smallest absolute Gasteiger partial charge is 0.355 e. The van der Waals surface area contributed by atoms with Gasteiger partial charge in [0.25, 0.3) is 0 Å².